The predicted octanol–water partition coefficient (Wildman–Crippen LogP) is 1.72. The lowest BCUT2D eigenvalue weighted by Gasteiger charge is -2.48. The second-order valence-corrected chi connectivity index (χ2v) is 6.36. The maximum atomic E-state index is 11.9. The summed E-state index contributed by atoms with van der Waals surface area (Å²) in [5.41, 5.74) is -0.513. The fourth-order valence-corrected chi connectivity index (χ4v) is 4.11. The number of likely N-dealkylation sites (tertiary alicyclic amines) is 1. The van der Waals surface area contributed by atoms with Gasteiger partial charge in [0.05, 0.1) is 14.2 Å². The number of aliphatic hydroxyl groups is 1. The highest BCUT2D eigenvalue weighted by atomic mass is 16.5. The third-order valence-corrected chi connectivity index (χ3v) is 5.48. The van der Waals surface area contributed by atoms with E-state index in [1.807, 2.05) is 30.1 Å². The van der Waals surface area contributed by atoms with Crippen LogP contribution in [0.2, 0.25) is 0 Å². The van der Waals surface area contributed by atoms with Crippen molar-refractivity contribution < 1.29 is 19.4 Å². The first-order valence-electron chi connectivity index (χ1n) is 7.65. The summed E-state index contributed by atoms with van der Waals surface area (Å²) in [4.78, 5) is 13.8. The van der Waals surface area contributed by atoms with Crippen molar-refractivity contribution >= 4 is 5.78 Å². The van der Waals surface area contributed by atoms with E-state index in [2.05, 4.69) is 0 Å². The van der Waals surface area contributed by atoms with Crippen molar-refractivity contribution in [1.29, 1.82) is 0 Å². The smallest absolute Gasteiger partial charge is 0.161 e. The Kier molecular flexibility index (Phi) is 3.65. The monoisotopic (exact) mass is 305 g/mol. The zero-order valence-corrected chi connectivity index (χ0v) is 13.4. The minimum absolute atomic E-state index is 0.132. The molecule has 2 fully saturated rings. The van der Waals surface area contributed by atoms with E-state index in [1.165, 1.54) is 0 Å². The molecule has 1 aromatic rings. The van der Waals surface area contributed by atoms with E-state index < -0.39 is 11.1 Å². The summed E-state index contributed by atoms with van der Waals surface area (Å²) in [7, 11) is 5.10. The van der Waals surface area contributed by atoms with Gasteiger partial charge in [-0.3, -0.25) is 9.69 Å². The molecule has 5 heteroatoms. The van der Waals surface area contributed by atoms with Gasteiger partial charge < -0.3 is 14.6 Å². The first kappa shape index (κ1) is 15.3. The highest BCUT2D eigenvalue weighted by Crippen LogP contribution is 2.54. The fraction of sp³-hybridized carbons (Fsp3) is 0.588. The van der Waals surface area contributed by atoms with E-state index in [0.717, 1.165) is 18.5 Å². The lowest BCUT2D eigenvalue weighted by atomic mass is 9.63. The Morgan fingerprint density at radius 1 is 1.18 bits per heavy atom. The number of ether oxygens (including phenoxy) is 2. The summed E-state index contributed by atoms with van der Waals surface area (Å²) in [5.74, 6) is 1.46. The zero-order chi connectivity index (χ0) is 16.0. The molecule has 1 N–H and O–H groups in total. The van der Waals surface area contributed by atoms with Crippen LogP contribution in [0.3, 0.4) is 0 Å². The van der Waals surface area contributed by atoms with E-state index in [9.17, 15) is 9.90 Å². The van der Waals surface area contributed by atoms with Crippen molar-refractivity contribution in [2.45, 2.75) is 36.8 Å². The van der Waals surface area contributed by atoms with Gasteiger partial charge in [0.1, 0.15) is 11.5 Å². The molecule has 1 aromatic carbocycles. The molecule has 1 saturated heterocycles. The second-order valence-electron chi connectivity index (χ2n) is 6.36. The summed E-state index contributed by atoms with van der Waals surface area (Å²) in [6.45, 7) is 0.776. The molecular weight excluding hydrogens is 282 g/mol. The zero-order valence-electron chi connectivity index (χ0n) is 13.4. The highest BCUT2D eigenvalue weighted by Gasteiger charge is 2.60. The van der Waals surface area contributed by atoms with Gasteiger partial charge in [-0.15, -0.1) is 0 Å². The molecule has 2 unspecified atom stereocenters. The Morgan fingerprint density at radius 3 is 2.59 bits per heavy atom. The largest absolute Gasteiger partial charge is 0.493 e. The fourth-order valence-electron chi connectivity index (χ4n) is 4.11. The summed E-state index contributed by atoms with van der Waals surface area (Å²) in [6.07, 6.45) is 2.22. The molecule has 0 aromatic heterocycles. The number of hydrogen-bond donors (Lipinski definition) is 1. The Morgan fingerprint density at radius 2 is 1.91 bits per heavy atom. The molecule has 2 aliphatic rings. The van der Waals surface area contributed by atoms with Crippen LogP contribution < -0.4 is 9.47 Å². The van der Waals surface area contributed by atoms with Crippen molar-refractivity contribution in [3.63, 3.8) is 0 Å². The van der Waals surface area contributed by atoms with E-state index >= 15 is 0 Å². The number of Topliss-reactive ketones (excluding diaryl/α,β-unsaturated/α-hetero) is 1. The van der Waals surface area contributed by atoms with Crippen LogP contribution in [0.4, 0.5) is 0 Å². The molecule has 1 saturated carbocycles. The summed E-state index contributed by atoms with van der Waals surface area (Å²) in [5, 5.41) is 11.3. The molecule has 0 spiro atoms. The lowest BCUT2D eigenvalue weighted by Crippen LogP contribution is -2.58. The minimum Gasteiger partial charge on any atom is -0.493 e. The molecule has 1 aliphatic carbocycles. The number of likely N-dealkylation sites (N-methyl/N-ethyl adjacent to an activating group) is 1. The van der Waals surface area contributed by atoms with Gasteiger partial charge >= 0.3 is 0 Å². The summed E-state index contributed by atoms with van der Waals surface area (Å²) in [6, 6.07) is 5.80. The van der Waals surface area contributed by atoms with Crippen molar-refractivity contribution in [3.05, 3.63) is 23.8 Å². The molecule has 0 bridgehead atoms. The predicted molar refractivity (Wildman–Crippen MR) is 82.3 cm³/mol. The number of carbonyl (C=O) groups is 1. The number of methoxy groups -OCH3 is 2. The van der Waals surface area contributed by atoms with E-state index in [0.29, 0.717) is 24.3 Å². The molecule has 0 radical (unpaired) electrons. The van der Waals surface area contributed by atoms with Crippen LogP contribution >= 0.6 is 0 Å². The number of hydrogen-bond acceptors (Lipinski definition) is 5. The van der Waals surface area contributed by atoms with Gasteiger partial charge in [0.15, 0.2) is 11.5 Å². The maximum absolute atomic E-state index is 11.9. The van der Waals surface area contributed by atoms with E-state index in [-0.39, 0.29) is 12.2 Å². The number of ketones is 1. The normalized spacial score (nSPS) is 31.9. The van der Waals surface area contributed by atoms with Gasteiger partial charge in [0.25, 0.3) is 0 Å². The van der Waals surface area contributed by atoms with Gasteiger partial charge in [-0.05, 0) is 37.6 Å². The summed E-state index contributed by atoms with van der Waals surface area (Å²) < 4.78 is 10.7. The van der Waals surface area contributed by atoms with Crippen molar-refractivity contribution in [3.8, 4) is 11.5 Å². The third kappa shape index (κ3) is 1.96. The van der Waals surface area contributed by atoms with Crippen LogP contribution in [0.25, 0.3) is 0 Å². The number of benzene rings is 1. The molecular formula is C17H23NO4. The van der Waals surface area contributed by atoms with Crippen LogP contribution in [-0.4, -0.2) is 49.3 Å². The SMILES string of the molecule is COc1ccc(C23CCC(=O)CC2(O)N(C)CC3)cc1OC. The summed E-state index contributed by atoms with van der Waals surface area (Å²) >= 11 is 0. The standard InChI is InChI=1S/C17H23NO4/c1-18-9-8-16(7-6-13(19)11-17(16,18)20)12-4-5-14(21-2)15(10-12)22-3/h4-5,10,20H,6-9,11H2,1-3H3. The first-order chi connectivity index (χ1) is 10.5. The van der Waals surface area contributed by atoms with Crippen molar-refractivity contribution in [2.24, 2.45) is 0 Å². The number of fused-ring (bicyclic) bond motifs is 1. The molecule has 0 amide bonds. The third-order valence-electron chi connectivity index (χ3n) is 5.48. The number of carbonyl (C=O) groups excluding carboxylic acids is 1. The average Bonchev–Trinajstić information content (AvgIpc) is 2.79. The molecule has 2 atom stereocenters. The lowest BCUT2D eigenvalue weighted by molar-refractivity contribution is -0.156. The number of nitrogens with zero attached hydrogens (tertiary/aromatic N) is 1. The van der Waals surface area contributed by atoms with Gasteiger partial charge in [-0.25, -0.2) is 0 Å². The van der Waals surface area contributed by atoms with Crippen LogP contribution in [0.5, 0.6) is 11.5 Å². The minimum atomic E-state index is -1.11. The van der Waals surface area contributed by atoms with E-state index in [1.54, 1.807) is 14.2 Å². The molecule has 22 heavy (non-hydrogen) atoms. The Labute approximate surface area is 130 Å². The van der Waals surface area contributed by atoms with Crippen LogP contribution in [0.1, 0.15) is 31.2 Å². The van der Waals surface area contributed by atoms with E-state index in [4.69, 9.17) is 9.47 Å². The molecule has 1 heterocycles. The number of rotatable bonds is 3. The van der Waals surface area contributed by atoms with Gasteiger partial charge in [0, 0.05) is 24.8 Å². The maximum Gasteiger partial charge on any atom is 0.161 e. The Hall–Kier alpha value is -1.59. The van der Waals surface area contributed by atoms with Crippen molar-refractivity contribution in [1.82, 2.24) is 4.90 Å². The van der Waals surface area contributed by atoms with Crippen LogP contribution in [0, 0.1) is 0 Å². The Balaban J connectivity index is 2.10. The molecule has 5 nitrogen and oxygen atoms in total. The van der Waals surface area contributed by atoms with Crippen LogP contribution in [0.15, 0.2) is 18.2 Å². The van der Waals surface area contributed by atoms with Gasteiger partial charge in [0.2, 0.25) is 0 Å². The van der Waals surface area contributed by atoms with Crippen molar-refractivity contribution in [2.75, 3.05) is 27.8 Å². The molecule has 120 valence electrons. The topological polar surface area (TPSA) is 59.0 Å². The molecule has 1 aliphatic heterocycles. The quantitative estimate of drug-likeness (QED) is 0.921. The van der Waals surface area contributed by atoms with Gasteiger partial charge in [-0.1, -0.05) is 6.07 Å². The van der Waals surface area contributed by atoms with Gasteiger partial charge in [-0.2, -0.15) is 0 Å². The first-order valence-corrected chi connectivity index (χ1v) is 7.65. The highest BCUT2D eigenvalue weighted by molar-refractivity contribution is 5.81. The molecule has 3 rings (SSSR count). The second kappa shape index (κ2) is 5.25. The van der Waals surface area contributed by atoms with Crippen LogP contribution in [-0.2, 0) is 10.2 Å². The Bertz CT molecular complexity index is 602. The average molecular weight is 305 g/mol.